The molecule has 0 heterocycles. The molecule has 0 aromatic heterocycles. The average Bonchev–Trinajstić information content (AvgIpc) is 2.35. The highest BCUT2D eigenvalue weighted by Gasteiger charge is 2.10. The lowest BCUT2D eigenvalue weighted by Gasteiger charge is -2.09. The van der Waals surface area contributed by atoms with E-state index in [1.807, 2.05) is 58.0 Å². The molecule has 0 aliphatic rings. The zero-order valence-corrected chi connectivity index (χ0v) is 12.5. The number of ether oxygens (including phenoxy) is 1. The van der Waals surface area contributed by atoms with Gasteiger partial charge in [0.2, 0.25) is 0 Å². The van der Waals surface area contributed by atoms with Crippen LogP contribution in [-0.2, 0) is 0 Å². The fraction of sp³-hybridized carbons (Fsp3) is 0.278. The number of aryl methyl sites for hydroxylation is 4. The van der Waals surface area contributed by atoms with Crippen LogP contribution in [0.25, 0.3) is 0 Å². The predicted octanol–water partition coefficient (Wildman–Crippen LogP) is 4.18. The maximum Gasteiger partial charge on any atom is 0.200 e. The Morgan fingerprint density at radius 2 is 1.55 bits per heavy atom. The maximum atomic E-state index is 12.2. The van der Waals surface area contributed by atoms with E-state index in [1.165, 1.54) is 0 Å². The molecule has 0 bridgehead atoms. The van der Waals surface area contributed by atoms with E-state index in [0.717, 1.165) is 33.6 Å². The second kappa shape index (κ2) is 5.91. The summed E-state index contributed by atoms with van der Waals surface area (Å²) >= 11 is 0. The summed E-state index contributed by atoms with van der Waals surface area (Å²) in [6.45, 7) is 8.09. The molecule has 0 N–H and O–H groups in total. The summed E-state index contributed by atoms with van der Waals surface area (Å²) in [7, 11) is 0. The molecule has 0 saturated carbocycles. The van der Waals surface area contributed by atoms with Crippen molar-refractivity contribution in [2.45, 2.75) is 27.7 Å². The SMILES string of the molecule is Cc1cc(C)cc(OCC(=O)c2ccc(C)cc2C)c1. The van der Waals surface area contributed by atoms with Crippen molar-refractivity contribution in [3.63, 3.8) is 0 Å². The van der Waals surface area contributed by atoms with Gasteiger partial charge >= 0.3 is 0 Å². The molecule has 2 aromatic rings. The van der Waals surface area contributed by atoms with Crippen LogP contribution in [0.15, 0.2) is 36.4 Å². The van der Waals surface area contributed by atoms with Crippen LogP contribution in [0.2, 0.25) is 0 Å². The molecule has 0 aliphatic heterocycles. The molecule has 0 spiro atoms. The number of carbonyl (C=O) groups excluding carboxylic acids is 1. The van der Waals surface area contributed by atoms with Crippen molar-refractivity contribution in [3.8, 4) is 5.75 Å². The third-order valence-corrected chi connectivity index (χ3v) is 3.25. The molecule has 0 atom stereocenters. The van der Waals surface area contributed by atoms with Gasteiger partial charge in [0.1, 0.15) is 5.75 Å². The van der Waals surface area contributed by atoms with Gasteiger partial charge in [0.05, 0.1) is 0 Å². The number of rotatable bonds is 4. The first-order chi connectivity index (χ1) is 9.45. The molecule has 104 valence electrons. The van der Waals surface area contributed by atoms with Gasteiger partial charge in [0.25, 0.3) is 0 Å². The zero-order valence-electron chi connectivity index (χ0n) is 12.5. The van der Waals surface area contributed by atoms with E-state index in [9.17, 15) is 4.79 Å². The Morgan fingerprint density at radius 1 is 0.900 bits per heavy atom. The minimum Gasteiger partial charge on any atom is -0.485 e. The van der Waals surface area contributed by atoms with Gasteiger partial charge < -0.3 is 4.74 Å². The zero-order chi connectivity index (χ0) is 14.7. The predicted molar refractivity (Wildman–Crippen MR) is 81.7 cm³/mol. The van der Waals surface area contributed by atoms with Crippen LogP contribution < -0.4 is 4.74 Å². The van der Waals surface area contributed by atoms with Crippen LogP contribution in [-0.4, -0.2) is 12.4 Å². The Morgan fingerprint density at radius 3 is 2.15 bits per heavy atom. The van der Waals surface area contributed by atoms with Crippen molar-refractivity contribution in [2.75, 3.05) is 6.61 Å². The van der Waals surface area contributed by atoms with E-state index in [0.29, 0.717) is 0 Å². The number of carbonyl (C=O) groups is 1. The van der Waals surface area contributed by atoms with Crippen molar-refractivity contribution in [1.82, 2.24) is 0 Å². The van der Waals surface area contributed by atoms with Gasteiger partial charge in [-0.15, -0.1) is 0 Å². The van der Waals surface area contributed by atoms with Crippen LogP contribution in [0.3, 0.4) is 0 Å². The molecule has 2 heteroatoms. The van der Waals surface area contributed by atoms with Crippen molar-refractivity contribution in [1.29, 1.82) is 0 Å². The highest BCUT2D eigenvalue weighted by molar-refractivity contribution is 5.98. The lowest BCUT2D eigenvalue weighted by molar-refractivity contribution is 0.0921. The Labute approximate surface area is 120 Å². The van der Waals surface area contributed by atoms with Gasteiger partial charge in [-0.1, -0.05) is 29.8 Å². The highest BCUT2D eigenvalue weighted by atomic mass is 16.5. The average molecular weight is 268 g/mol. The minimum atomic E-state index is 0.0154. The van der Waals surface area contributed by atoms with Crippen LogP contribution >= 0.6 is 0 Å². The molecule has 0 saturated heterocycles. The molecule has 20 heavy (non-hydrogen) atoms. The van der Waals surface area contributed by atoms with Gasteiger partial charge in [-0.25, -0.2) is 0 Å². The summed E-state index contributed by atoms with van der Waals surface area (Å²) in [4.78, 5) is 12.2. The number of Topliss-reactive ketones (excluding diaryl/α,β-unsaturated/α-hetero) is 1. The summed E-state index contributed by atoms with van der Waals surface area (Å²) in [5, 5.41) is 0. The van der Waals surface area contributed by atoms with Gasteiger partial charge in [0.15, 0.2) is 12.4 Å². The Kier molecular flexibility index (Phi) is 4.23. The first-order valence-corrected chi connectivity index (χ1v) is 6.77. The highest BCUT2D eigenvalue weighted by Crippen LogP contribution is 2.17. The fourth-order valence-corrected chi connectivity index (χ4v) is 2.37. The van der Waals surface area contributed by atoms with Crippen molar-refractivity contribution < 1.29 is 9.53 Å². The summed E-state index contributed by atoms with van der Waals surface area (Å²) in [6, 6.07) is 11.8. The first kappa shape index (κ1) is 14.3. The van der Waals surface area contributed by atoms with E-state index in [-0.39, 0.29) is 12.4 Å². The lowest BCUT2D eigenvalue weighted by Crippen LogP contribution is -2.13. The molecule has 0 fully saturated rings. The second-order valence-electron chi connectivity index (χ2n) is 5.35. The van der Waals surface area contributed by atoms with Crippen LogP contribution in [0.1, 0.15) is 32.6 Å². The molecule has 0 radical (unpaired) electrons. The van der Waals surface area contributed by atoms with Gasteiger partial charge in [0, 0.05) is 5.56 Å². The van der Waals surface area contributed by atoms with Crippen molar-refractivity contribution in [2.24, 2.45) is 0 Å². The summed E-state index contributed by atoms with van der Waals surface area (Å²) in [6.07, 6.45) is 0. The third-order valence-electron chi connectivity index (χ3n) is 3.25. The van der Waals surface area contributed by atoms with Crippen LogP contribution in [0.4, 0.5) is 0 Å². The molecule has 0 aliphatic carbocycles. The maximum absolute atomic E-state index is 12.2. The number of hydrogen-bond donors (Lipinski definition) is 0. The lowest BCUT2D eigenvalue weighted by atomic mass is 10.0. The summed E-state index contributed by atoms with van der Waals surface area (Å²) in [5.74, 6) is 0.766. The standard InChI is InChI=1S/C18H20O2/c1-12-5-6-17(15(4)8-12)18(19)11-20-16-9-13(2)7-14(3)10-16/h5-10H,11H2,1-4H3. The van der Waals surface area contributed by atoms with E-state index in [1.54, 1.807) is 0 Å². The van der Waals surface area contributed by atoms with E-state index in [2.05, 4.69) is 6.07 Å². The monoisotopic (exact) mass is 268 g/mol. The largest absolute Gasteiger partial charge is 0.485 e. The van der Waals surface area contributed by atoms with Crippen molar-refractivity contribution >= 4 is 5.78 Å². The minimum absolute atomic E-state index is 0.0154. The number of benzene rings is 2. The fourth-order valence-electron chi connectivity index (χ4n) is 2.37. The van der Waals surface area contributed by atoms with Crippen LogP contribution in [0, 0.1) is 27.7 Å². The van der Waals surface area contributed by atoms with E-state index in [4.69, 9.17) is 4.74 Å². The topological polar surface area (TPSA) is 26.3 Å². The second-order valence-corrected chi connectivity index (χ2v) is 5.35. The molecule has 0 amide bonds. The summed E-state index contributed by atoms with van der Waals surface area (Å²) < 4.78 is 5.62. The first-order valence-electron chi connectivity index (χ1n) is 6.77. The molecule has 0 unspecified atom stereocenters. The molecule has 2 nitrogen and oxygen atoms in total. The summed E-state index contributed by atoms with van der Waals surface area (Å²) in [5.41, 5.74) is 5.17. The van der Waals surface area contributed by atoms with Crippen LogP contribution in [0.5, 0.6) is 5.75 Å². The molecule has 2 rings (SSSR count). The quantitative estimate of drug-likeness (QED) is 0.777. The molecular weight excluding hydrogens is 248 g/mol. The normalized spacial score (nSPS) is 10.4. The van der Waals surface area contributed by atoms with Gasteiger partial charge in [-0.2, -0.15) is 0 Å². The Bertz CT molecular complexity index is 622. The number of hydrogen-bond acceptors (Lipinski definition) is 2. The molecular formula is C18H20O2. The molecule has 2 aromatic carbocycles. The number of ketones is 1. The van der Waals surface area contributed by atoms with Gasteiger partial charge in [-0.05, 0) is 56.5 Å². The van der Waals surface area contributed by atoms with E-state index < -0.39 is 0 Å². The van der Waals surface area contributed by atoms with Crippen molar-refractivity contribution in [3.05, 3.63) is 64.2 Å². The Hall–Kier alpha value is -2.09. The van der Waals surface area contributed by atoms with Gasteiger partial charge in [-0.3, -0.25) is 4.79 Å². The van der Waals surface area contributed by atoms with E-state index >= 15 is 0 Å². The Balaban J connectivity index is 2.08. The smallest absolute Gasteiger partial charge is 0.200 e. The third kappa shape index (κ3) is 3.47.